The molecule has 0 amide bonds. The van der Waals surface area contributed by atoms with Crippen molar-refractivity contribution in [3.63, 3.8) is 0 Å². The summed E-state index contributed by atoms with van der Waals surface area (Å²) in [6.07, 6.45) is 2.37. The lowest BCUT2D eigenvalue weighted by molar-refractivity contribution is -0.0500. The van der Waals surface area contributed by atoms with Gasteiger partial charge >= 0.3 is 15.6 Å². The third kappa shape index (κ3) is 5.03. The van der Waals surface area contributed by atoms with E-state index in [1.807, 2.05) is 6.92 Å². The first kappa shape index (κ1) is 26.3. The molecule has 1 aliphatic rings. The molecule has 13 heteroatoms. The number of fused-ring (bicyclic) bond motifs is 1. The highest BCUT2D eigenvalue weighted by Crippen LogP contribution is 2.59. The number of carbonyl (C=O) groups excluding carboxylic acids is 1. The van der Waals surface area contributed by atoms with E-state index in [0.717, 1.165) is 25.0 Å². The van der Waals surface area contributed by atoms with Crippen molar-refractivity contribution in [2.24, 2.45) is 0 Å². The highest BCUT2D eigenvalue weighted by atomic mass is 32.3. The fraction of sp³-hybridized carbons (Fsp3) is 0.381. The number of hydrogen-bond acceptors (Lipinski definition) is 8. The normalized spacial score (nSPS) is 19.7. The third-order valence-electron chi connectivity index (χ3n) is 5.56. The summed E-state index contributed by atoms with van der Waals surface area (Å²) < 4.78 is 89.9. The van der Waals surface area contributed by atoms with Crippen LogP contribution in [0.4, 0.5) is 24.5 Å². The van der Waals surface area contributed by atoms with Gasteiger partial charge in [0.2, 0.25) is 0 Å². The van der Waals surface area contributed by atoms with E-state index >= 15 is 0 Å². The smallest absolute Gasteiger partial charge is 0.375 e. The summed E-state index contributed by atoms with van der Waals surface area (Å²) in [6, 6.07) is 10.3. The van der Waals surface area contributed by atoms with Crippen molar-refractivity contribution in [3.05, 3.63) is 48.0 Å². The van der Waals surface area contributed by atoms with Gasteiger partial charge in [-0.1, -0.05) is 38.0 Å². The summed E-state index contributed by atoms with van der Waals surface area (Å²) in [6.45, 7) is 2.27. The van der Waals surface area contributed by atoms with Crippen LogP contribution < -0.4 is 9.08 Å². The van der Waals surface area contributed by atoms with E-state index in [1.54, 1.807) is 35.2 Å². The second kappa shape index (κ2) is 9.74. The zero-order valence-electron chi connectivity index (χ0n) is 18.4. The zero-order chi connectivity index (χ0) is 25.3. The molecule has 1 atom stereocenters. The molecule has 3 rings (SSSR count). The van der Waals surface area contributed by atoms with Crippen LogP contribution in [0.25, 0.3) is 0 Å². The molecule has 0 aliphatic carbocycles. The van der Waals surface area contributed by atoms with Crippen molar-refractivity contribution >= 4 is 38.6 Å². The summed E-state index contributed by atoms with van der Waals surface area (Å²) in [7, 11) is -8.41. The van der Waals surface area contributed by atoms with E-state index in [0.29, 0.717) is 12.1 Å². The highest BCUT2D eigenvalue weighted by Gasteiger charge is 2.49. The molecule has 0 spiro atoms. The Morgan fingerprint density at radius 1 is 1.21 bits per heavy atom. The standard InChI is InChI=1S/C21H25F3N2O6S2/c1-3-4-8-17-13-26(16-9-6-5-7-10-16)18-11-15(14-27)19(32-34(30,31)21(22,23)24)12-20(18)33(28,29)25(17)2/h5-7,9-12,14,17,28-29H,3-4,8,13H2,1-2H3. The summed E-state index contributed by atoms with van der Waals surface area (Å²) in [4.78, 5) is 13.2. The minimum Gasteiger partial charge on any atom is -0.375 e. The number of unbranched alkanes of at least 4 members (excludes halogenated alkanes) is 1. The van der Waals surface area contributed by atoms with Crippen molar-refractivity contribution in [2.75, 3.05) is 18.5 Å². The van der Waals surface area contributed by atoms with Crippen LogP contribution in [-0.4, -0.2) is 53.3 Å². The van der Waals surface area contributed by atoms with Crippen LogP contribution in [-0.2, 0) is 10.1 Å². The summed E-state index contributed by atoms with van der Waals surface area (Å²) >= 11 is 0. The molecule has 2 aromatic rings. The number of anilines is 2. The van der Waals surface area contributed by atoms with Gasteiger partial charge in [-0.15, -0.1) is 10.8 Å². The fourth-order valence-electron chi connectivity index (χ4n) is 3.68. The average molecular weight is 523 g/mol. The fourth-order valence-corrected chi connectivity index (χ4v) is 5.77. The number of benzene rings is 2. The largest absolute Gasteiger partial charge is 0.534 e. The van der Waals surface area contributed by atoms with E-state index in [2.05, 4.69) is 4.18 Å². The second-order valence-corrected chi connectivity index (χ2v) is 11.4. The molecule has 2 N–H and O–H groups in total. The minimum absolute atomic E-state index is 0.149. The van der Waals surface area contributed by atoms with Gasteiger partial charge in [0.25, 0.3) is 0 Å². The molecule has 188 valence electrons. The molecule has 0 saturated carbocycles. The Hall–Kier alpha value is -2.32. The van der Waals surface area contributed by atoms with Gasteiger partial charge in [-0.3, -0.25) is 13.9 Å². The van der Waals surface area contributed by atoms with Crippen molar-refractivity contribution in [2.45, 2.75) is 42.6 Å². The quantitative estimate of drug-likeness (QED) is 0.283. The molecule has 2 aromatic carbocycles. The Morgan fingerprint density at radius 2 is 1.85 bits per heavy atom. The first-order valence-electron chi connectivity index (χ1n) is 10.3. The lowest BCUT2D eigenvalue weighted by atomic mass is 10.1. The SMILES string of the molecule is CCCCC1CN(c2ccccc2)c2cc(C=O)c(OS(=O)(=O)C(F)(F)F)cc2S(O)(O)N1C. The predicted octanol–water partition coefficient (Wildman–Crippen LogP) is 5.39. The number of nitrogens with zero attached hydrogens (tertiary/aromatic N) is 2. The van der Waals surface area contributed by atoms with Crippen LogP contribution in [0.5, 0.6) is 5.75 Å². The maximum atomic E-state index is 12.9. The number of alkyl halides is 3. The Balaban J connectivity index is 2.25. The Morgan fingerprint density at radius 3 is 2.41 bits per heavy atom. The highest BCUT2D eigenvalue weighted by molar-refractivity contribution is 8.22. The monoisotopic (exact) mass is 522 g/mol. The van der Waals surface area contributed by atoms with Gasteiger partial charge in [0, 0.05) is 31.4 Å². The van der Waals surface area contributed by atoms with Gasteiger partial charge < -0.3 is 9.08 Å². The molecular weight excluding hydrogens is 497 g/mol. The lowest BCUT2D eigenvalue weighted by Gasteiger charge is -2.43. The van der Waals surface area contributed by atoms with Gasteiger partial charge in [-0.2, -0.15) is 21.6 Å². The van der Waals surface area contributed by atoms with Crippen LogP contribution in [0.1, 0.15) is 36.5 Å². The topological polar surface area (TPSA) is 107 Å². The molecule has 1 heterocycles. The number of para-hydroxylation sites is 1. The van der Waals surface area contributed by atoms with E-state index < -0.39 is 37.7 Å². The van der Waals surface area contributed by atoms with Crippen molar-refractivity contribution in [1.82, 2.24) is 4.31 Å². The van der Waals surface area contributed by atoms with Crippen LogP contribution in [0.15, 0.2) is 47.4 Å². The van der Waals surface area contributed by atoms with E-state index in [4.69, 9.17) is 0 Å². The van der Waals surface area contributed by atoms with E-state index in [1.165, 1.54) is 11.4 Å². The maximum absolute atomic E-state index is 12.9. The molecule has 8 nitrogen and oxygen atoms in total. The average Bonchev–Trinajstić information content (AvgIpc) is 2.85. The number of hydrogen-bond donors (Lipinski definition) is 2. The van der Waals surface area contributed by atoms with Gasteiger partial charge in [0.15, 0.2) is 12.0 Å². The van der Waals surface area contributed by atoms with Gasteiger partial charge in [-0.25, -0.2) is 4.31 Å². The molecule has 0 saturated heterocycles. The first-order valence-corrected chi connectivity index (χ1v) is 13.2. The number of likely N-dealkylation sites (N-methyl/N-ethyl adjacent to an activating group) is 1. The van der Waals surface area contributed by atoms with Gasteiger partial charge in [0.1, 0.15) is 4.90 Å². The molecule has 0 aromatic heterocycles. The van der Waals surface area contributed by atoms with Crippen LogP contribution in [0.3, 0.4) is 0 Å². The predicted molar refractivity (Wildman–Crippen MR) is 123 cm³/mol. The zero-order valence-corrected chi connectivity index (χ0v) is 20.0. The molecule has 1 aliphatic heterocycles. The maximum Gasteiger partial charge on any atom is 0.534 e. The Bertz CT molecular complexity index is 1140. The summed E-state index contributed by atoms with van der Waals surface area (Å²) in [5, 5.41) is 0. The van der Waals surface area contributed by atoms with Crippen LogP contribution in [0.2, 0.25) is 0 Å². The van der Waals surface area contributed by atoms with E-state index in [-0.39, 0.29) is 29.5 Å². The Labute approximate surface area is 197 Å². The van der Waals surface area contributed by atoms with Crippen molar-refractivity contribution < 1.29 is 39.7 Å². The summed E-state index contributed by atoms with van der Waals surface area (Å²) in [5.41, 5.74) is -5.43. The third-order valence-corrected chi connectivity index (χ3v) is 8.54. The molecule has 34 heavy (non-hydrogen) atoms. The van der Waals surface area contributed by atoms with Gasteiger partial charge in [0.05, 0.1) is 11.3 Å². The number of carbonyl (C=O) groups is 1. The molecule has 0 bridgehead atoms. The summed E-state index contributed by atoms with van der Waals surface area (Å²) in [5.74, 6) is -0.945. The Kier molecular flexibility index (Phi) is 7.53. The molecule has 0 fully saturated rings. The van der Waals surface area contributed by atoms with Crippen molar-refractivity contribution in [3.8, 4) is 5.75 Å². The number of aldehydes is 1. The van der Waals surface area contributed by atoms with Crippen LogP contribution in [0, 0.1) is 0 Å². The minimum atomic E-state index is -6.10. The molecule has 0 radical (unpaired) electrons. The number of halogens is 3. The molecular formula is C21H25F3N2O6S2. The molecule has 1 unspecified atom stereocenters. The van der Waals surface area contributed by atoms with Gasteiger partial charge in [-0.05, 0) is 24.6 Å². The van der Waals surface area contributed by atoms with E-state index in [9.17, 15) is 35.5 Å². The van der Waals surface area contributed by atoms with Crippen molar-refractivity contribution in [1.29, 1.82) is 0 Å². The lowest BCUT2D eigenvalue weighted by Crippen LogP contribution is -2.39. The first-order chi connectivity index (χ1) is 15.8. The number of rotatable bonds is 7. The second-order valence-electron chi connectivity index (χ2n) is 7.77. The van der Waals surface area contributed by atoms with Crippen LogP contribution >= 0.6 is 10.8 Å².